The Bertz CT molecular complexity index is 332. The van der Waals surface area contributed by atoms with Crippen LogP contribution >= 0.6 is 0 Å². The molecule has 1 aromatic rings. The van der Waals surface area contributed by atoms with Crippen LogP contribution in [0, 0.1) is 5.92 Å². The highest BCUT2D eigenvalue weighted by molar-refractivity contribution is 5.30. The first-order chi connectivity index (χ1) is 7.75. The molecule has 88 valence electrons. The van der Waals surface area contributed by atoms with Crippen molar-refractivity contribution in [2.24, 2.45) is 11.7 Å². The van der Waals surface area contributed by atoms with Gasteiger partial charge in [-0.15, -0.1) is 0 Å². The molecule has 2 atom stereocenters. The third kappa shape index (κ3) is 2.97. The summed E-state index contributed by atoms with van der Waals surface area (Å²) in [5.41, 5.74) is 6.94. The standard InChI is InChI=1S/C13H19NO2/c1-10(14)12-3-2-4-13(7-12)16-9-11-5-6-15-8-11/h2-4,7,10-11H,5-6,8-9,14H2,1H3/t10-,11?/m1/s1. The Balaban J connectivity index is 1.90. The molecule has 2 N–H and O–H groups in total. The molecule has 1 aromatic carbocycles. The summed E-state index contributed by atoms with van der Waals surface area (Å²) < 4.78 is 11.1. The van der Waals surface area contributed by atoms with E-state index in [0.717, 1.165) is 37.6 Å². The Morgan fingerprint density at radius 3 is 3.12 bits per heavy atom. The molecular formula is C13H19NO2. The quantitative estimate of drug-likeness (QED) is 0.847. The molecule has 0 amide bonds. The smallest absolute Gasteiger partial charge is 0.119 e. The monoisotopic (exact) mass is 221 g/mol. The molecule has 3 heteroatoms. The number of ether oxygens (including phenoxy) is 2. The highest BCUT2D eigenvalue weighted by Gasteiger charge is 2.16. The van der Waals surface area contributed by atoms with E-state index in [1.54, 1.807) is 0 Å². The zero-order valence-electron chi connectivity index (χ0n) is 9.69. The first kappa shape index (κ1) is 11.4. The average molecular weight is 221 g/mol. The van der Waals surface area contributed by atoms with E-state index in [0.29, 0.717) is 5.92 Å². The van der Waals surface area contributed by atoms with E-state index in [-0.39, 0.29) is 6.04 Å². The van der Waals surface area contributed by atoms with Crippen molar-refractivity contribution in [2.45, 2.75) is 19.4 Å². The van der Waals surface area contributed by atoms with Gasteiger partial charge in [-0.1, -0.05) is 12.1 Å². The van der Waals surface area contributed by atoms with Crippen molar-refractivity contribution in [3.05, 3.63) is 29.8 Å². The van der Waals surface area contributed by atoms with Crippen molar-refractivity contribution in [3.8, 4) is 5.75 Å². The summed E-state index contributed by atoms with van der Waals surface area (Å²) in [6.45, 7) is 4.41. The maximum atomic E-state index is 5.83. The fourth-order valence-electron chi connectivity index (χ4n) is 1.82. The first-order valence-corrected chi connectivity index (χ1v) is 5.82. The number of hydrogen-bond donors (Lipinski definition) is 1. The molecule has 0 bridgehead atoms. The molecule has 3 nitrogen and oxygen atoms in total. The highest BCUT2D eigenvalue weighted by atomic mass is 16.5. The molecule has 0 radical (unpaired) electrons. The van der Waals surface area contributed by atoms with E-state index in [1.807, 2.05) is 31.2 Å². The van der Waals surface area contributed by atoms with Gasteiger partial charge in [-0.05, 0) is 31.0 Å². The highest BCUT2D eigenvalue weighted by Crippen LogP contribution is 2.19. The Hall–Kier alpha value is -1.06. The van der Waals surface area contributed by atoms with Crippen molar-refractivity contribution in [1.82, 2.24) is 0 Å². The van der Waals surface area contributed by atoms with E-state index < -0.39 is 0 Å². The van der Waals surface area contributed by atoms with Gasteiger partial charge in [0.05, 0.1) is 13.2 Å². The molecule has 1 heterocycles. The molecule has 1 unspecified atom stereocenters. The van der Waals surface area contributed by atoms with Gasteiger partial charge in [0.2, 0.25) is 0 Å². The van der Waals surface area contributed by atoms with Crippen LogP contribution < -0.4 is 10.5 Å². The average Bonchev–Trinajstić information content (AvgIpc) is 2.79. The van der Waals surface area contributed by atoms with Crippen molar-refractivity contribution in [3.63, 3.8) is 0 Å². The molecular weight excluding hydrogens is 202 g/mol. The van der Waals surface area contributed by atoms with Gasteiger partial charge in [0.25, 0.3) is 0 Å². The molecule has 0 spiro atoms. The maximum absolute atomic E-state index is 5.83. The third-order valence-corrected chi connectivity index (χ3v) is 2.89. The lowest BCUT2D eigenvalue weighted by molar-refractivity contribution is 0.167. The molecule has 0 aromatic heterocycles. The second kappa shape index (κ2) is 5.32. The normalized spacial score (nSPS) is 22.0. The summed E-state index contributed by atoms with van der Waals surface area (Å²) in [6.07, 6.45) is 1.10. The first-order valence-electron chi connectivity index (χ1n) is 5.82. The molecule has 1 fully saturated rings. The van der Waals surface area contributed by atoms with E-state index in [2.05, 4.69) is 0 Å². The summed E-state index contributed by atoms with van der Waals surface area (Å²) in [4.78, 5) is 0. The van der Waals surface area contributed by atoms with Crippen LogP contribution in [0.3, 0.4) is 0 Å². The topological polar surface area (TPSA) is 44.5 Å². The van der Waals surface area contributed by atoms with Crippen LogP contribution in [0.15, 0.2) is 24.3 Å². The predicted octanol–water partition coefficient (Wildman–Crippen LogP) is 2.12. The minimum atomic E-state index is 0.0540. The van der Waals surface area contributed by atoms with E-state index >= 15 is 0 Å². The van der Waals surface area contributed by atoms with Crippen molar-refractivity contribution < 1.29 is 9.47 Å². The summed E-state index contributed by atoms with van der Waals surface area (Å²) in [5.74, 6) is 1.45. The van der Waals surface area contributed by atoms with Crippen LogP contribution in [-0.2, 0) is 4.74 Å². The van der Waals surface area contributed by atoms with Crippen molar-refractivity contribution in [1.29, 1.82) is 0 Å². The fourth-order valence-corrected chi connectivity index (χ4v) is 1.82. The van der Waals surface area contributed by atoms with E-state index in [1.165, 1.54) is 0 Å². The van der Waals surface area contributed by atoms with Gasteiger partial charge in [0.1, 0.15) is 5.75 Å². The molecule has 1 saturated heterocycles. The fraction of sp³-hybridized carbons (Fsp3) is 0.538. The van der Waals surface area contributed by atoms with Crippen molar-refractivity contribution >= 4 is 0 Å². The van der Waals surface area contributed by atoms with Gasteiger partial charge >= 0.3 is 0 Å². The van der Waals surface area contributed by atoms with Crippen LogP contribution in [0.1, 0.15) is 24.9 Å². The van der Waals surface area contributed by atoms with Crippen LogP contribution in [0.2, 0.25) is 0 Å². The molecule has 1 aliphatic rings. The van der Waals surface area contributed by atoms with Gasteiger partial charge in [-0.2, -0.15) is 0 Å². The zero-order chi connectivity index (χ0) is 11.4. The van der Waals surface area contributed by atoms with E-state index in [4.69, 9.17) is 15.2 Å². The Morgan fingerprint density at radius 1 is 1.56 bits per heavy atom. The lowest BCUT2D eigenvalue weighted by Crippen LogP contribution is -2.12. The second-order valence-electron chi connectivity index (χ2n) is 4.40. The molecule has 16 heavy (non-hydrogen) atoms. The van der Waals surface area contributed by atoms with Crippen molar-refractivity contribution in [2.75, 3.05) is 19.8 Å². The lowest BCUT2D eigenvalue weighted by Gasteiger charge is -2.12. The van der Waals surface area contributed by atoms with Gasteiger partial charge in [-0.3, -0.25) is 0 Å². The Morgan fingerprint density at radius 2 is 2.44 bits per heavy atom. The van der Waals surface area contributed by atoms with Gasteiger partial charge < -0.3 is 15.2 Å². The van der Waals surface area contributed by atoms with Crippen LogP contribution in [0.4, 0.5) is 0 Å². The zero-order valence-corrected chi connectivity index (χ0v) is 9.69. The number of nitrogens with two attached hydrogens (primary N) is 1. The van der Waals surface area contributed by atoms with Gasteiger partial charge in [0.15, 0.2) is 0 Å². The van der Waals surface area contributed by atoms with Crippen LogP contribution in [0.5, 0.6) is 5.75 Å². The largest absolute Gasteiger partial charge is 0.493 e. The van der Waals surface area contributed by atoms with Gasteiger partial charge in [-0.25, -0.2) is 0 Å². The summed E-state index contributed by atoms with van der Waals surface area (Å²) in [6, 6.07) is 8.05. The molecule has 2 rings (SSSR count). The summed E-state index contributed by atoms with van der Waals surface area (Å²) in [5, 5.41) is 0. The van der Waals surface area contributed by atoms with Gasteiger partial charge in [0, 0.05) is 18.6 Å². The minimum Gasteiger partial charge on any atom is -0.493 e. The molecule has 0 saturated carbocycles. The maximum Gasteiger partial charge on any atom is 0.119 e. The SMILES string of the molecule is C[C@@H](N)c1cccc(OCC2CCOC2)c1. The molecule has 0 aliphatic carbocycles. The Kier molecular flexibility index (Phi) is 3.80. The molecule has 1 aliphatic heterocycles. The minimum absolute atomic E-state index is 0.0540. The van der Waals surface area contributed by atoms with Crippen LogP contribution in [0.25, 0.3) is 0 Å². The summed E-state index contributed by atoms with van der Waals surface area (Å²) in [7, 11) is 0. The second-order valence-corrected chi connectivity index (χ2v) is 4.40. The van der Waals surface area contributed by atoms with E-state index in [9.17, 15) is 0 Å². The lowest BCUT2D eigenvalue weighted by atomic mass is 10.1. The Labute approximate surface area is 96.5 Å². The number of benzene rings is 1. The van der Waals surface area contributed by atoms with Crippen LogP contribution in [-0.4, -0.2) is 19.8 Å². The summed E-state index contributed by atoms with van der Waals surface area (Å²) >= 11 is 0. The third-order valence-electron chi connectivity index (χ3n) is 2.89. The number of rotatable bonds is 4. The number of hydrogen-bond acceptors (Lipinski definition) is 3. The predicted molar refractivity (Wildman–Crippen MR) is 63.5 cm³/mol.